The van der Waals surface area contributed by atoms with Crippen LogP contribution in [-0.2, 0) is 23.3 Å². The van der Waals surface area contributed by atoms with E-state index in [1.165, 1.54) is 11.1 Å². The number of rotatable bonds is 7. The minimum atomic E-state index is -1.12. The molecular formula is C29H38N4O3. The maximum atomic E-state index is 11.3. The van der Waals surface area contributed by atoms with Gasteiger partial charge in [0.1, 0.15) is 5.82 Å². The predicted octanol–water partition coefficient (Wildman–Crippen LogP) is 5.87. The van der Waals surface area contributed by atoms with E-state index in [4.69, 9.17) is 4.74 Å². The van der Waals surface area contributed by atoms with E-state index in [0.717, 1.165) is 54.5 Å². The summed E-state index contributed by atoms with van der Waals surface area (Å²) in [6.45, 7) is 10.1. The number of amides is 1. The molecule has 7 heteroatoms. The van der Waals surface area contributed by atoms with Gasteiger partial charge in [-0.05, 0) is 65.6 Å². The molecule has 4 rings (SSSR count). The van der Waals surface area contributed by atoms with Crippen LogP contribution in [0.25, 0.3) is 10.8 Å². The van der Waals surface area contributed by atoms with Gasteiger partial charge in [0.05, 0.1) is 12.7 Å². The molecule has 0 aliphatic carbocycles. The Kier molecular flexibility index (Phi) is 7.81. The van der Waals surface area contributed by atoms with Crippen molar-refractivity contribution in [3.05, 3.63) is 65.4 Å². The lowest BCUT2D eigenvalue weighted by molar-refractivity contribution is 0.00213. The molecule has 0 radical (unpaired) electrons. The minimum absolute atomic E-state index is 0.136. The molecule has 2 N–H and O–H groups in total. The van der Waals surface area contributed by atoms with E-state index in [0.29, 0.717) is 18.5 Å². The van der Waals surface area contributed by atoms with Crippen molar-refractivity contribution in [1.29, 1.82) is 0 Å². The summed E-state index contributed by atoms with van der Waals surface area (Å²) in [5.74, 6) is 0.359. The Balaban J connectivity index is 1.50. The van der Waals surface area contributed by atoms with Crippen LogP contribution in [0.15, 0.2) is 48.7 Å². The van der Waals surface area contributed by atoms with Gasteiger partial charge in [0.25, 0.3) is 0 Å². The molecule has 0 saturated carbocycles. The highest BCUT2D eigenvalue weighted by Gasteiger charge is 2.22. The van der Waals surface area contributed by atoms with Crippen molar-refractivity contribution in [2.75, 3.05) is 37.4 Å². The van der Waals surface area contributed by atoms with Gasteiger partial charge >= 0.3 is 6.09 Å². The molecule has 2 aromatic carbocycles. The number of nitrogens with one attached hydrogen (secondary N) is 1. The fourth-order valence-corrected chi connectivity index (χ4v) is 4.79. The van der Waals surface area contributed by atoms with Gasteiger partial charge in [-0.3, -0.25) is 5.32 Å². The molecule has 0 atom stereocenters. The van der Waals surface area contributed by atoms with E-state index >= 15 is 0 Å². The Morgan fingerprint density at radius 2 is 1.81 bits per heavy atom. The first kappa shape index (κ1) is 25.9. The third kappa shape index (κ3) is 6.33. The van der Waals surface area contributed by atoms with Crippen LogP contribution >= 0.6 is 0 Å². The lowest BCUT2D eigenvalue weighted by Crippen LogP contribution is -2.34. The van der Waals surface area contributed by atoms with E-state index in [1.807, 2.05) is 6.07 Å². The number of pyridine rings is 1. The Morgan fingerprint density at radius 3 is 2.44 bits per heavy atom. The van der Waals surface area contributed by atoms with Gasteiger partial charge in [-0.2, -0.15) is 0 Å². The number of hydrogen-bond donors (Lipinski definition) is 2. The van der Waals surface area contributed by atoms with Gasteiger partial charge in [-0.1, -0.05) is 45.0 Å². The van der Waals surface area contributed by atoms with E-state index in [2.05, 4.69) is 91.4 Å². The van der Waals surface area contributed by atoms with Gasteiger partial charge in [-0.15, -0.1) is 0 Å². The average molecular weight is 491 g/mol. The van der Waals surface area contributed by atoms with Crippen LogP contribution in [0.2, 0.25) is 0 Å². The summed E-state index contributed by atoms with van der Waals surface area (Å²) in [6, 6.07) is 14.8. The van der Waals surface area contributed by atoms with Crippen LogP contribution in [0.1, 0.15) is 50.3 Å². The maximum absolute atomic E-state index is 11.3. The number of piperidine rings is 1. The monoisotopic (exact) mass is 490 g/mol. The van der Waals surface area contributed by atoms with Gasteiger partial charge in [0.15, 0.2) is 0 Å². The second kappa shape index (κ2) is 10.8. The zero-order valence-electron chi connectivity index (χ0n) is 22.0. The highest BCUT2D eigenvalue weighted by atomic mass is 16.5. The Bertz CT molecular complexity index is 1200. The van der Waals surface area contributed by atoms with Crippen molar-refractivity contribution in [3.63, 3.8) is 0 Å². The summed E-state index contributed by atoms with van der Waals surface area (Å²) in [4.78, 5) is 20.1. The zero-order valence-corrected chi connectivity index (χ0v) is 22.0. The van der Waals surface area contributed by atoms with E-state index in [9.17, 15) is 9.90 Å². The summed E-state index contributed by atoms with van der Waals surface area (Å²) in [7, 11) is 4.27. The minimum Gasteiger partial charge on any atom is -0.465 e. The number of likely N-dealkylation sites (tertiary alicyclic amines) is 1. The number of hydrogen-bond acceptors (Lipinski definition) is 5. The van der Waals surface area contributed by atoms with Crippen LogP contribution in [0.4, 0.5) is 16.3 Å². The molecular weight excluding hydrogens is 452 g/mol. The number of ether oxygens (including phenoxy) is 1. The predicted molar refractivity (Wildman–Crippen MR) is 146 cm³/mol. The number of carbonyl (C=O) groups is 1. The molecule has 36 heavy (non-hydrogen) atoms. The standard InChI is InChI=1S/C29H38N4O3/c1-29(2,3)25-17-24-22(10-13-30-27(24)31-28(34)35)16-26(25)33(5)18-20-6-8-21(9-7-20)19-36-23-11-14-32(4)15-12-23/h6-10,13,16-17,23H,11-12,14-15,18-19H2,1-5H3,(H,30,31)(H,34,35). The lowest BCUT2D eigenvalue weighted by Gasteiger charge is -2.30. The topological polar surface area (TPSA) is 77.9 Å². The third-order valence-corrected chi connectivity index (χ3v) is 6.92. The number of aromatic nitrogens is 1. The van der Waals surface area contributed by atoms with Crippen molar-refractivity contribution in [1.82, 2.24) is 9.88 Å². The normalized spacial score (nSPS) is 15.2. The molecule has 1 aliphatic rings. The molecule has 0 spiro atoms. The summed E-state index contributed by atoms with van der Waals surface area (Å²) < 4.78 is 6.15. The van der Waals surface area contributed by atoms with Crippen LogP contribution in [0.5, 0.6) is 0 Å². The zero-order chi connectivity index (χ0) is 25.9. The highest BCUT2D eigenvalue weighted by Crippen LogP contribution is 2.37. The van der Waals surface area contributed by atoms with Crippen molar-refractivity contribution in [2.24, 2.45) is 0 Å². The van der Waals surface area contributed by atoms with Gasteiger partial charge in [0, 0.05) is 44.0 Å². The summed E-state index contributed by atoms with van der Waals surface area (Å²) >= 11 is 0. The van der Waals surface area contributed by atoms with Crippen LogP contribution in [0.3, 0.4) is 0 Å². The molecule has 1 aromatic heterocycles. The number of carboxylic acid groups (broad SMARTS) is 1. The molecule has 0 unspecified atom stereocenters. The van der Waals surface area contributed by atoms with Crippen LogP contribution in [-0.4, -0.2) is 54.4 Å². The highest BCUT2D eigenvalue weighted by molar-refractivity contribution is 5.99. The van der Waals surface area contributed by atoms with Gasteiger partial charge < -0.3 is 19.6 Å². The molecule has 2 heterocycles. The quantitative estimate of drug-likeness (QED) is 0.431. The van der Waals surface area contributed by atoms with Crippen LogP contribution < -0.4 is 10.2 Å². The Morgan fingerprint density at radius 1 is 1.14 bits per heavy atom. The van der Waals surface area contributed by atoms with Crippen molar-refractivity contribution in [3.8, 4) is 0 Å². The fourth-order valence-electron chi connectivity index (χ4n) is 4.79. The van der Waals surface area contributed by atoms with Gasteiger partial charge in [-0.25, -0.2) is 9.78 Å². The molecule has 7 nitrogen and oxygen atoms in total. The Labute approximate surface area is 214 Å². The molecule has 1 aliphatic heterocycles. The SMILES string of the molecule is CN1CCC(OCc2ccc(CN(C)c3cc4ccnc(NC(=O)O)c4cc3C(C)(C)C)cc2)CC1. The summed E-state index contributed by atoms with van der Waals surface area (Å²) in [5.41, 5.74) is 4.55. The first-order chi connectivity index (χ1) is 17.1. The molecule has 192 valence electrons. The average Bonchev–Trinajstić information content (AvgIpc) is 2.83. The molecule has 1 amide bonds. The van der Waals surface area contributed by atoms with E-state index in [1.54, 1.807) is 6.20 Å². The first-order valence-corrected chi connectivity index (χ1v) is 12.6. The molecule has 1 fully saturated rings. The van der Waals surface area contributed by atoms with Crippen molar-refractivity contribution >= 4 is 28.4 Å². The number of benzene rings is 2. The van der Waals surface area contributed by atoms with Gasteiger partial charge in [0.2, 0.25) is 0 Å². The fraction of sp³-hybridized carbons (Fsp3) is 0.448. The maximum Gasteiger partial charge on any atom is 0.410 e. The summed E-state index contributed by atoms with van der Waals surface area (Å²) in [5, 5.41) is 13.4. The number of nitrogens with zero attached hydrogens (tertiary/aromatic N) is 3. The number of anilines is 2. The second-order valence-electron chi connectivity index (χ2n) is 10.9. The van der Waals surface area contributed by atoms with Crippen molar-refractivity contribution < 1.29 is 14.6 Å². The molecule has 3 aromatic rings. The largest absolute Gasteiger partial charge is 0.465 e. The van der Waals surface area contributed by atoms with Crippen molar-refractivity contribution in [2.45, 2.75) is 58.3 Å². The summed E-state index contributed by atoms with van der Waals surface area (Å²) in [6.07, 6.45) is 3.09. The third-order valence-electron chi connectivity index (χ3n) is 6.92. The molecule has 1 saturated heterocycles. The Hall–Kier alpha value is -3.16. The van der Waals surface area contributed by atoms with Crippen LogP contribution in [0, 0.1) is 0 Å². The molecule has 0 bridgehead atoms. The lowest BCUT2D eigenvalue weighted by atomic mass is 9.84. The number of fused-ring (bicyclic) bond motifs is 1. The van der Waals surface area contributed by atoms with E-state index in [-0.39, 0.29) is 5.41 Å². The second-order valence-corrected chi connectivity index (χ2v) is 10.9. The van der Waals surface area contributed by atoms with E-state index < -0.39 is 6.09 Å². The smallest absolute Gasteiger partial charge is 0.410 e. The first-order valence-electron chi connectivity index (χ1n) is 12.6.